The minimum absolute atomic E-state index is 0.124. The SMILES string of the molecule is CCCCCCCCCCCCCCCC(=O)OCC(O)CN(CCCCC(N)C(=O)OC(C)(C)C)CC(O)COC(=O)CCCCCCCCCCCCCCC. The molecule has 0 saturated carbocycles. The first-order valence-electron chi connectivity index (χ1n) is 24.3. The average molecular weight is 827 g/mol. The number of carbonyl (C=O) groups is 3. The lowest BCUT2D eigenvalue weighted by atomic mass is 10.0. The van der Waals surface area contributed by atoms with Crippen molar-refractivity contribution in [3.8, 4) is 0 Å². The fraction of sp³-hybridized carbons (Fsp3) is 0.938. The lowest BCUT2D eigenvalue weighted by Gasteiger charge is -2.27. The van der Waals surface area contributed by atoms with Crippen LogP contribution in [-0.4, -0.2) is 89.7 Å². The number of rotatable bonds is 42. The summed E-state index contributed by atoms with van der Waals surface area (Å²) in [6, 6.07) is -0.729. The highest BCUT2D eigenvalue weighted by Crippen LogP contribution is 2.16. The fourth-order valence-corrected chi connectivity index (χ4v) is 7.25. The molecule has 3 unspecified atom stereocenters. The zero-order valence-corrected chi connectivity index (χ0v) is 38.6. The van der Waals surface area contributed by atoms with Crippen molar-refractivity contribution in [2.45, 2.75) is 258 Å². The molecule has 0 radical (unpaired) electrons. The summed E-state index contributed by atoms with van der Waals surface area (Å²) in [4.78, 5) is 39.0. The van der Waals surface area contributed by atoms with Crippen molar-refractivity contribution in [1.82, 2.24) is 4.90 Å². The number of unbranched alkanes of at least 4 members (excludes halogenated alkanes) is 25. The lowest BCUT2D eigenvalue weighted by Crippen LogP contribution is -2.42. The monoisotopic (exact) mass is 827 g/mol. The van der Waals surface area contributed by atoms with Gasteiger partial charge in [0.25, 0.3) is 0 Å². The van der Waals surface area contributed by atoms with Crippen LogP contribution in [0.3, 0.4) is 0 Å². The molecule has 10 nitrogen and oxygen atoms in total. The summed E-state index contributed by atoms with van der Waals surface area (Å²) < 4.78 is 16.2. The molecule has 10 heteroatoms. The van der Waals surface area contributed by atoms with Gasteiger partial charge in [0.05, 0.1) is 0 Å². The van der Waals surface area contributed by atoms with Crippen molar-refractivity contribution >= 4 is 17.9 Å². The molecule has 0 rings (SSSR count). The van der Waals surface area contributed by atoms with Crippen molar-refractivity contribution in [1.29, 1.82) is 0 Å². The van der Waals surface area contributed by atoms with E-state index >= 15 is 0 Å². The van der Waals surface area contributed by atoms with Crippen molar-refractivity contribution in [3.05, 3.63) is 0 Å². The lowest BCUT2D eigenvalue weighted by molar-refractivity contribution is -0.156. The molecule has 0 saturated heterocycles. The van der Waals surface area contributed by atoms with E-state index in [0.29, 0.717) is 38.6 Å². The maximum absolute atomic E-state index is 12.4. The normalized spacial score (nSPS) is 13.4. The van der Waals surface area contributed by atoms with Crippen LogP contribution in [0.2, 0.25) is 0 Å². The molecule has 0 heterocycles. The molecule has 4 N–H and O–H groups in total. The zero-order valence-electron chi connectivity index (χ0n) is 38.6. The van der Waals surface area contributed by atoms with E-state index in [4.69, 9.17) is 19.9 Å². The van der Waals surface area contributed by atoms with Crippen LogP contribution in [0, 0.1) is 0 Å². The molecule has 58 heavy (non-hydrogen) atoms. The van der Waals surface area contributed by atoms with Gasteiger partial charge in [-0.15, -0.1) is 0 Å². The van der Waals surface area contributed by atoms with Gasteiger partial charge < -0.3 is 30.2 Å². The number of hydrogen-bond donors (Lipinski definition) is 3. The first-order chi connectivity index (χ1) is 27.9. The van der Waals surface area contributed by atoms with Crippen molar-refractivity contribution in [2.24, 2.45) is 5.73 Å². The van der Waals surface area contributed by atoms with Crippen LogP contribution in [0.4, 0.5) is 0 Å². The zero-order chi connectivity index (χ0) is 43.1. The number of aliphatic hydroxyl groups excluding tert-OH is 2. The first kappa shape index (κ1) is 56.2. The third-order valence-corrected chi connectivity index (χ3v) is 10.7. The summed E-state index contributed by atoms with van der Waals surface area (Å²) in [6.45, 7) is 10.5. The van der Waals surface area contributed by atoms with Crippen LogP contribution in [0.1, 0.15) is 234 Å². The molecular weight excluding hydrogens is 733 g/mol. The van der Waals surface area contributed by atoms with Crippen LogP contribution in [0.15, 0.2) is 0 Å². The Bertz CT molecular complexity index is 904. The highest BCUT2D eigenvalue weighted by molar-refractivity contribution is 5.75. The summed E-state index contributed by atoms with van der Waals surface area (Å²) in [6.07, 6.45) is 32.8. The second-order valence-corrected chi connectivity index (χ2v) is 18.1. The Hall–Kier alpha value is -1.75. The Labute approximate surface area is 356 Å². The number of aliphatic hydroxyl groups is 2. The van der Waals surface area contributed by atoms with Gasteiger partial charge in [0.2, 0.25) is 0 Å². The third-order valence-electron chi connectivity index (χ3n) is 10.7. The van der Waals surface area contributed by atoms with Gasteiger partial charge in [-0.1, -0.05) is 174 Å². The predicted molar refractivity (Wildman–Crippen MR) is 239 cm³/mol. The molecule has 0 aromatic heterocycles. The topological polar surface area (TPSA) is 149 Å². The second-order valence-electron chi connectivity index (χ2n) is 18.1. The number of ether oxygens (including phenoxy) is 3. The maximum Gasteiger partial charge on any atom is 0.323 e. The molecule has 0 amide bonds. The fourth-order valence-electron chi connectivity index (χ4n) is 7.25. The van der Waals surface area contributed by atoms with Gasteiger partial charge in [0.15, 0.2) is 0 Å². The van der Waals surface area contributed by atoms with Crippen LogP contribution in [0.5, 0.6) is 0 Å². The third kappa shape index (κ3) is 39.7. The molecule has 344 valence electrons. The summed E-state index contributed by atoms with van der Waals surface area (Å²) in [5.41, 5.74) is 5.46. The van der Waals surface area contributed by atoms with Crippen LogP contribution in [-0.2, 0) is 28.6 Å². The van der Waals surface area contributed by atoms with Gasteiger partial charge in [0.1, 0.15) is 37.1 Å². The van der Waals surface area contributed by atoms with Crippen LogP contribution < -0.4 is 5.73 Å². The van der Waals surface area contributed by atoms with Gasteiger partial charge in [-0.2, -0.15) is 0 Å². The Balaban J connectivity index is 4.48. The van der Waals surface area contributed by atoms with E-state index in [-0.39, 0.29) is 38.2 Å². The quantitative estimate of drug-likeness (QED) is 0.0308. The molecule has 0 aliphatic rings. The summed E-state index contributed by atoms with van der Waals surface area (Å²) in [5, 5.41) is 21.6. The first-order valence-corrected chi connectivity index (χ1v) is 24.3. The highest BCUT2D eigenvalue weighted by Gasteiger charge is 2.23. The molecule has 0 aromatic carbocycles. The Morgan fingerprint density at radius 1 is 0.517 bits per heavy atom. The summed E-state index contributed by atoms with van der Waals surface area (Å²) in [7, 11) is 0. The molecule has 0 spiro atoms. The summed E-state index contributed by atoms with van der Waals surface area (Å²) in [5.74, 6) is -1.04. The molecule has 0 aromatic rings. The maximum atomic E-state index is 12.4. The minimum Gasteiger partial charge on any atom is -0.463 e. The van der Waals surface area contributed by atoms with Gasteiger partial charge in [-0.25, -0.2) is 0 Å². The predicted octanol–water partition coefficient (Wildman–Crippen LogP) is 10.9. The second kappa shape index (κ2) is 39.4. The van der Waals surface area contributed by atoms with E-state index in [1.165, 1.54) is 128 Å². The summed E-state index contributed by atoms with van der Waals surface area (Å²) >= 11 is 0. The van der Waals surface area contributed by atoms with E-state index in [9.17, 15) is 24.6 Å². The number of esters is 3. The van der Waals surface area contributed by atoms with Crippen molar-refractivity contribution in [3.63, 3.8) is 0 Å². The van der Waals surface area contributed by atoms with Crippen molar-refractivity contribution in [2.75, 3.05) is 32.8 Å². The minimum atomic E-state index is -0.940. The molecule has 0 bridgehead atoms. The van der Waals surface area contributed by atoms with Gasteiger partial charge in [-0.3, -0.25) is 19.3 Å². The van der Waals surface area contributed by atoms with Crippen LogP contribution in [0.25, 0.3) is 0 Å². The van der Waals surface area contributed by atoms with E-state index < -0.39 is 29.8 Å². The van der Waals surface area contributed by atoms with Crippen LogP contribution >= 0.6 is 0 Å². The Morgan fingerprint density at radius 2 is 0.845 bits per heavy atom. The average Bonchev–Trinajstić information content (AvgIpc) is 3.17. The van der Waals surface area contributed by atoms with Crippen molar-refractivity contribution < 1.29 is 38.8 Å². The number of carbonyl (C=O) groups excluding carboxylic acids is 3. The Kier molecular flexibility index (Phi) is 38.2. The standard InChI is InChI=1S/C48H94N2O8/c1-6-8-10-12-14-16-18-20-22-24-26-28-30-35-45(53)56-40-42(51)38-50(37-33-32-34-44(49)47(55)58-48(3,4)5)39-43(52)41-57-46(54)36-31-29-27-25-23-21-19-17-15-13-11-9-7-2/h42-44,51-52H,6-41,49H2,1-5H3. The van der Waals surface area contributed by atoms with E-state index in [0.717, 1.165) is 38.5 Å². The molecule has 0 aliphatic carbocycles. The van der Waals surface area contributed by atoms with E-state index in [2.05, 4.69) is 13.8 Å². The van der Waals surface area contributed by atoms with Gasteiger partial charge in [0, 0.05) is 25.9 Å². The van der Waals surface area contributed by atoms with Gasteiger partial charge in [-0.05, 0) is 53.0 Å². The molecular formula is C48H94N2O8. The van der Waals surface area contributed by atoms with E-state index in [1.807, 2.05) is 4.90 Å². The number of nitrogens with two attached hydrogens (primary N) is 1. The van der Waals surface area contributed by atoms with Gasteiger partial charge >= 0.3 is 17.9 Å². The highest BCUT2D eigenvalue weighted by atomic mass is 16.6. The molecule has 0 fully saturated rings. The number of hydrogen-bond acceptors (Lipinski definition) is 10. The molecule has 3 atom stereocenters. The number of nitrogens with zero attached hydrogens (tertiary/aromatic N) is 1. The largest absolute Gasteiger partial charge is 0.463 e. The van der Waals surface area contributed by atoms with E-state index in [1.54, 1.807) is 20.8 Å². The Morgan fingerprint density at radius 3 is 1.17 bits per heavy atom. The molecule has 0 aliphatic heterocycles. The smallest absolute Gasteiger partial charge is 0.323 e.